The molecule has 1 rings (SSSR count). The van der Waals surface area contributed by atoms with Crippen molar-refractivity contribution in [2.24, 2.45) is 0 Å². The summed E-state index contributed by atoms with van der Waals surface area (Å²) in [7, 11) is 0. The number of nitrogens with one attached hydrogen (secondary N) is 1. The number of ether oxygens (including phenoxy) is 2. The van der Waals surface area contributed by atoms with E-state index in [1.165, 1.54) is 212 Å². The van der Waals surface area contributed by atoms with Gasteiger partial charge in [0.15, 0.2) is 6.29 Å². The van der Waals surface area contributed by atoms with Crippen LogP contribution in [0.25, 0.3) is 0 Å². The van der Waals surface area contributed by atoms with Gasteiger partial charge >= 0.3 is 0 Å². The SMILES string of the molecule is CCCCCCCCC/C=C/CCCC(O)C(O)C(COC1OC(CO)C(O)C(O)C1O)NC(=O)C(O)CCCCCCCCCCCCCCCCCC/C=C\C/C=C\CCCCCCCCCCCCCCC. The Hall–Kier alpha value is -1.67. The summed E-state index contributed by atoms with van der Waals surface area (Å²) in [6.45, 7) is 3.44. The summed E-state index contributed by atoms with van der Waals surface area (Å²) in [4.78, 5) is 13.2. The topological polar surface area (TPSA) is 189 Å². The van der Waals surface area contributed by atoms with E-state index in [4.69, 9.17) is 9.47 Å². The van der Waals surface area contributed by atoms with Crippen molar-refractivity contribution in [3.8, 4) is 0 Å². The Kier molecular flexibility index (Phi) is 50.4. The largest absolute Gasteiger partial charge is 0.394 e. The Labute approximate surface area is 460 Å². The van der Waals surface area contributed by atoms with E-state index in [2.05, 4.69) is 55.6 Å². The van der Waals surface area contributed by atoms with E-state index in [1.807, 2.05) is 0 Å². The van der Waals surface area contributed by atoms with Gasteiger partial charge in [-0.3, -0.25) is 4.79 Å². The van der Waals surface area contributed by atoms with Crippen molar-refractivity contribution in [1.82, 2.24) is 5.32 Å². The van der Waals surface area contributed by atoms with Crippen LogP contribution in [-0.2, 0) is 14.3 Å². The average molecular weight is 1060 g/mol. The number of aliphatic hydroxyl groups is 7. The first-order valence-corrected chi connectivity index (χ1v) is 31.9. The molecule has 0 spiro atoms. The van der Waals surface area contributed by atoms with Crippen molar-refractivity contribution in [1.29, 1.82) is 0 Å². The van der Waals surface area contributed by atoms with E-state index in [9.17, 15) is 40.5 Å². The summed E-state index contributed by atoms with van der Waals surface area (Å²) < 4.78 is 11.1. The fraction of sp³-hybridized carbons (Fsp3) is 0.891. The van der Waals surface area contributed by atoms with Crippen LogP contribution in [0.5, 0.6) is 0 Å². The Morgan fingerprint density at radius 3 is 1.23 bits per heavy atom. The van der Waals surface area contributed by atoms with E-state index in [-0.39, 0.29) is 12.8 Å². The van der Waals surface area contributed by atoms with Crippen molar-refractivity contribution in [2.45, 2.75) is 351 Å². The van der Waals surface area contributed by atoms with E-state index >= 15 is 0 Å². The Bertz CT molecular complexity index is 1310. The van der Waals surface area contributed by atoms with E-state index < -0.39 is 74.2 Å². The standard InChI is InChI=1S/C64H121NO10/c1-3-5-7-9-11-13-15-17-18-19-20-21-22-23-24-25-26-27-28-29-30-31-32-33-34-35-36-37-38-39-40-42-44-46-48-50-52-57(68)63(73)65-55(54-74-64-62(72)61(71)60(70)58(53-66)75-64)59(69)56(67)51-49-47-45-43-41-16-14-12-10-8-6-4-2/h24-25,27-28,43,45,55-62,64,66-72H,3-23,26,29-42,44,46-54H2,1-2H3,(H,65,73)/b25-24-,28-27-,45-43+. The first-order chi connectivity index (χ1) is 36.7. The number of allylic oxidation sites excluding steroid dienone is 6. The lowest BCUT2D eigenvalue weighted by Crippen LogP contribution is -2.60. The normalized spacial score (nSPS) is 19.9. The predicted molar refractivity (Wildman–Crippen MR) is 312 cm³/mol. The predicted octanol–water partition coefficient (Wildman–Crippen LogP) is 14.2. The van der Waals surface area contributed by atoms with Gasteiger partial charge in [0.05, 0.1) is 25.4 Å². The monoisotopic (exact) mass is 1060 g/mol. The third-order valence-corrected chi connectivity index (χ3v) is 15.4. The van der Waals surface area contributed by atoms with Crippen LogP contribution in [0.4, 0.5) is 0 Å². The molecule has 75 heavy (non-hydrogen) atoms. The molecular weight excluding hydrogens is 943 g/mol. The summed E-state index contributed by atoms with van der Waals surface area (Å²) in [5.41, 5.74) is 0. The summed E-state index contributed by atoms with van der Waals surface area (Å²) in [5.74, 6) is -0.705. The molecule has 0 aromatic heterocycles. The van der Waals surface area contributed by atoms with Crippen LogP contribution in [-0.4, -0.2) is 110 Å². The van der Waals surface area contributed by atoms with Gasteiger partial charge in [0.1, 0.15) is 36.6 Å². The van der Waals surface area contributed by atoms with Crippen LogP contribution in [0.3, 0.4) is 0 Å². The molecule has 1 heterocycles. The number of rotatable bonds is 55. The number of carbonyl (C=O) groups excluding carboxylic acids is 1. The van der Waals surface area contributed by atoms with E-state index in [0.29, 0.717) is 12.8 Å². The average Bonchev–Trinajstić information content (AvgIpc) is 3.41. The van der Waals surface area contributed by atoms with Crippen molar-refractivity contribution in [3.63, 3.8) is 0 Å². The second-order valence-corrected chi connectivity index (χ2v) is 22.5. The third-order valence-electron chi connectivity index (χ3n) is 15.4. The second kappa shape index (κ2) is 53.0. The first-order valence-electron chi connectivity index (χ1n) is 31.9. The molecule has 1 aliphatic heterocycles. The van der Waals surface area contributed by atoms with E-state index in [0.717, 1.165) is 44.9 Å². The molecule has 0 aromatic carbocycles. The molecule has 0 radical (unpaired) electrons. The lowest BCUT2D eigenvalue weighted by molar-refractivity contribution is -0.303. The molecule has 0 aromatic rings. The van der Waals surface area contributed by atoms with Crippen molar-refractivity contribution >= 4 is 5.91 Å². The summed E-state index contributed by atoms with van der Waals surface area (Å²) >= 11 is 0. The highest BCUT2D eigenvalue weighted by atomic mass is 16.7. The van der Waals surface area contributed by atoms with Gasteiger partial charge in [-0.2, -0.15) is 0 Å². The number of aliphatic hydroxyl groups excluding tert-OH is 7. The van der Waals surface area contributed by atoms with Crippen LogP contribution < -0.4 is 5.32 Å². The smallest absolute Gasteiger partial charge is 0.249 e. The Morgan fingerprint density at radius 1 is 0.467 bits per heavy atom. The number of unbranched alkanes of at least 4 members (excludes halogenated alkanes) is 37. The molecule has 1 saturated heterocycles. The molecule has 8 N–H and O–H groups in total. The number of hydrogen-bond donors (Lipinski definition) is 8. The van der Waals surface area contributed by atoms with Gasteiger partial charge in [-0.05, 0) is 70.6 Å². The zero-order valence-corrected chi connectivity index (χ0v) is 48.5. The minimum Gasteiger partial charge on any atom is -0.394 e. The highest BCUT2D eigenvalue weighted by molar-refractivity contribution is 5.80. The quantitative estimate of drug-likeness (QED) is 0.0215. The highest BCUT2D eigenvalue weighted by Gasteiger charge is 2.44. The van der Waals surface area contributed by atoms with Gasteiger partial charge in [-0.25, -0.2) is 0 Å². The summed E-state index contributed by atoms with van der Waals surface area (Å²) in [6, 6.07) is -1.18. The molecule has 9 atom stereocenters. The summed E-state index contributed by atoms with van der Waals surface area (Å²) in [5, 5.41) is 76.0. The third kappa shape index (κ3) is 41.1. The Balaban J connectivity index is 2.14. The molecule has 0 aliphatic carbocycles. The van der Waals surface area contributed by atoms with Crippen LogP contribution in [0.15, 0.2) is 36.5 Å². The van der Waals surface area contributed by atoms with Gasteiger partial charge in [-0.1, -0.05) is 262 Å². The fourth-order valence-corrected chi connectivity index (χ4v) is 10.2. The van der Waals surface area contributed by atoms with Gasteiger partial charge in [-0.15, -0.1) is 0 Å². The van der Waals surface area contributed by atoms with Crippen molar-refractivity contribution in [2.75, 3.05) is 13.2 Å². The molecule has 1 aliphatic rings. The highest BCUT2D eigenvalue weighted by Crippen LogP contribution is 2.23. The maximum absolute atomic E-state index is 13.2. The van der Waals surface area contributed by atoms with Crippen molar-refractivity contribution < 1.29 is 50.0 Å². The molecule has 1 amide bonds. The fourth-order valence-electron chi connectivity index (χ4n) is 10.2. The second-order valence-electron chi connectivity index (χ2n) is 22.5. The zero-order valence-electron chi connectivity index (χ0n) is 48.5. The van der Waals surface area contributed by atoms with Gasteiger partial charge in [0.25, 0.3) is 0 Å². The molecule has 11 heteroatoms. The lowest BCUT2D eigenvalue weighted by atomic mass is 9.98. The number of hydrogen-bond acceptors (Lipinski definition) is 10. The maximum Gasteiger partial charge on any atom is 0.249 e. The number of amides is 1. The molecule has 9 unspecified atom stereocenters. The van der Waals surface area contributed by atoms with Crippen molar-refractivity contribution in [3.05, 3.63) is 36.5 Å². The maximum atomic E-state index is 13.2. The summed E-state index contributed by atoms with van der Waals surface area (Å²) in [6.07, 6.45) is 55.3. The molecular formula is C64H121NO10. The number of carbonyl (C=O) groups is 1. The molecule has 11 nitrogen and oxygen atoms in total. The molecule has 0 saturated carbocycles. The molecule has 1 fully saturated rings. The minimum absolute atomic E-state index is 0.255. The van der Waals surface area contributed by atoms with Gasteiger partial charge < -0.3 is 50.5 Å². The minimum atomic E-state index is -1.67. The zero-order chi connectivity index (χ0) is 54.7. The van der Waals surface area contributed by atoms with Gasteiger partial charge in [0, 0.05) is 0 Å². The van der Waals surface area contributed by atoms with E-state index in [1.54, 1.807) is 0 Å². The first kappa shape index (κ1) is 71.3. The lowest BCUT2D eigenvalue weighted by Gasteiger charge is -2.40. The van der Waals surface area contributed by atoms with Crippen LogP contribution in [0.2, 0.25) is 0 Å². The molecule has 0 bridgehead atoms. The molecule has 442 valence electrons. The van der Waals surface area contributed by atoms with Crippen LogP contribution in [0, 0.1) is 0 Å². The van der Waals surface area contributed by atoms with Crippen LogP contribution >= 0.6 is 0 Å². The van der Waals surface area contributed by atoms with Crippen LogP contribution in [0.1, 0.15) is 296 Å². The Morgan fingerprint density at radius 2 is 0.827 bits per heavy atom. The van der Waals surface area contributed by atoms with Gasteiger partial charge in [0.2, 0.25) is 5.91 Å².